The fourth-order valence-electron chi connectivity index (χ4n) is 1.04. The molecule has 0 aromatic rings. The van der Waals surface area contributed by atoms with Crippen LogP contribution in [0.4, 0.5) is 48.3 Å². The summed E-state index contributed by atoms with van der Waals surface area (Å²) in [6, 6.07) is 0. The van der Waals surface area contributed by atoms with Gasteiger partial charge in [-0.25, -0.2) is 4.39 Å². The SMILES string of the molecule is FC(F)(F)C(F)(C(F)(F)F)C(F)(F)C(F)(F)CCI. The van der Waals surface area contributed by atoms with Gasteiger partial charge >= 0.3 is 29.9 Å². The third-order valence-electron chi connectivity index (χ3n) is 2.08. The van der Waals surface area contributed by atoms with Gasteiger partial charge in [-0.15, -0.1) is 0 Å². The van der Waals surface area contributed by atoms with Crippen molar-refractivity contribution in [3.63, 3.8) is 0 Å². The monoisotopic (exact) mass is 424 g/mol. The Morgan fingerprint density at radius 2 is 0.947 bits per heavy atom. The minimum absolute atomic E-state index is 0.897. The zero-order valence-corrected chi connectivity index (χ0v) is 10.6. The lowest BCUT2D eigenvalue weighted by Crippen LogP contribution is -2.70. The molecule has 0 atom stereocenters. The second-order valence-electron chi connectivity index (χ2n) is 3.37. The summed E-state index contributed by atoms with van der Waals surface area (Å²) in [4.78, 5) is 0. The molecular formula is C7H4F11I. The van der Waals surface area contributed by atoms with Crippen LogP contribution in [0.2, 0.25) is 0 Å². The van der Waals surface area contributed by atoms with Crippen molar-refractivity contribution in [2.45, 2.75) is 36.3 Å². The molecule has 0 aliphatic rings. The van der Waals surface area contributed by atoms with Gasteiger partial charge in [-0.2, -0.15) is 43.9 Å². The Labute approximate surface area is 112 Å². The zero-order valence-electron chi connectivity index (χ0n) is 8.45. The summed E-state index contributed by atoms with van der Waals surface area (Å²) >= 11 is 1.02. The average Bonchev–Trinajstić information content (AvgIpc) is 2.12. The van der Waals surface area contributed by atoms with Crippen LogP contribution in [-0.4, -0.2) is 34.3 Å². The van der Waals surface area contributed by atoms with E-state index in [9.17, 15) is 48.3 Å². The molecule has 0 saturated heterocycles. The first-order chi connectivity index (χ1) is 8.06. The summed E-state index contributed by atoms with van der Waals surface area (Å²) in [7, 11) is 0. The predicted octanol–water partition coefficient (Wildman–Crippen LogP) is 4.92. The summed E-state index contributed by atoms with van der Waals surface area (Å²) in [5.41, 5.74) is -7.33. The Hall–Kier alpha value is -0.0400. The average molecular weight is 424 g/mol. The number of alkyl halides is 12. The Kier molecular flexibility index (Phi) is 5.05. The van der Waals surface area contributed by atoms with E-state index in [1.807, 2.05) is 0 Å². The molecule has 0 radical (unpaired) electrons. The van der Waals surface area contributed by atoms with Gasteiger partial charge in [0.25, 0.3) is 0 Å². The Bertz CT molecular complexity index is 300. The molecule has 0 spiro atoms. The maximum Gasteiger partial charge on any atom is 0.438 e. The molecule has 0 unspecified atom stereocenters. The summed E-state index contributed by atoms with van der Waals surface area (Å²) in [5, 5.41) is 0. The van der Waals surface area contributed by atoms with Crippen molar-refractivity contribution in [1.29, 1.82) is 0 Å². The maximum absolute atomic E-state index is 12.9. The van der Waals surface area contributed by atoms with E-state index >= 15 is 0 Å². The first kappa shape index (κ1) is 19.0. The lowest BCUT2D eigenvalue weighted by atomic mass is 9.89. The lowest BCUT2D eigenvalue weighted by molar-refractivity contribution is -0.426. The van der Waals surface area contributed by atoms with Gasteiger partial charge in [0, 0.05) is 10.8 Å². The van der Waals surface area contributed by atoms with E-state index in [-0.39, 0.29) is 0 Å². The standard InChI is InChI=1S/C7H4F11I/c8-3(9,1-2-19)5(11,12)4(10,6(13,14)15)7(16,17)18/h1-2H2. The quantitative estimate of drug-likeness (QED) is 0.342. The van der Waals surface area contributed by atoms with Gasteiger partial charge in [-0.3, -0.25) is 0 Å². The second-order valence-corrected chi connectivity index (χ2v) is 4.45. The van der Waals surface area contributed by atoms with Gasteiger partial charge in [0.15, 0.2) is 0 Å². The highest BCUT2D eigenvalue weighted by molar-refractivity contribution is 14.1. The Morgan fingerprint density at radius 3 is 1.16 bits per heavy atom. The van der Waals surface area contributed by atoms with Gasteiger partial charge in [0.2, 0.25) is 0 Å². The molecule has 0 amide bonds. The Morgan fingerprint density at radius 1 is 0.632 bits per heavy atom. The number of hydrogen-bond donors (Lipinski definition) is 0. The predicted molar refractivity (Wildman–Crippen MR) is 49.3 cm³/mol. The fourth-order valence-corrected chi connectivity index (χ4v) is 1.72. The number of hydrogen-bond acceptors (Lipinski definition) is 0. The Balaban J connectivity index is 6.05. The van der Waals surface area contributed by atoms with E-state index in [1.54, 1.807) is 0 Å². The zero-order chi connectivity index (χ0) is 15.9. The molecule has 0 aromatic carbocycles. The van der Waals surface area contributed by atoms with Crippen molar-refractivity contribution >= 4 is 22.6 Å². The lowest BCUT2D eigenvalue weighted by Gasteiger charge is -2.39. The van der Waals surface area contributed by atoms with Crippen molar-refractivity contribution in [1.82, 2.24) is 0 Å². The molecule has 0 saturated carbocycles. The summed E-state index contributed by atoms with van der Waals surface area (Å²) < 4.78 is 135. The van der Waals surface area contributed by atoms with Crippen LogP contribution < -0.4 is 0 Å². The minimum atomic E-state index is -7.33. The number of rotatable bonds is 4. The maximum atomic E-state index is 12.9. The summed E-state index contributed by atoms with van der Waals surface area (Å²) in [5.74, 6) is -12.8. The third-order valence-corrected chi connectivity index (χ3v) is 2.62. The molecule has 116 valence electrons. The van der Waals surface area contributed by atoms with E-state index in [4.69, 9.17) is 0 Å². The van der Waals surface area contributed by atoms with Crippen LogP contribution in [0.3, 0.4) is 0 Å². The minimum Gasteiger partial charge on any atom is -0.216 e. The van der Waals surface area contributed by atoms with Crippen molar-refractivity contribution in [3.05, 3.63) is 0 Å². The summed E-state index contributed by atoms with van der Waals surface area (Å²) in [6.45, 7) is 0. The normalized spacial score (nSPS) is 15.8. The van der Waals surface area contributed by atoms with Crippen LogP contribution >= 0.6 is 22.6 Å². The van der Waals surface area contributed by atoms with Gasteiger partial charge < -0.3 is 0 Å². The molecule has 0 aliphatic carbocycles. The third kappa shape index (κ3) is 2.86. The molecule has 0 aromatic heterocycles. The second kappa shape index (κ2) is 5.06. The van der Waals surface area contributed by atoms with E-state index in [0.29, 0.717) is 0 Å². The molecule has 0 bridgehead atoms. The van der Waals surface area contributed by atoms with E-state index in [1.165, 1.54) is 0 Å². The molecule has 0 aliphatic heterocycles. The van der Waals surface area contributed by atoms with Gasteiger partial charge in [-0.05, 0) is 0 Å². The molecule has 0 rings (SSSR count). The van der Waals surface area contributed by atoms with Crippen molar-refractivity contribution < 1.29 is 48.3 Å². The smallest absolute Gasteiger partial charge is 0.216 e. The largest absolute Gasteiger partial charge is 0.438 e. The van der Waals surface area contributed by atoms with Gasteiger partial charge in [0.05, 0.1) is 0 Å². The van der Waals surface area contributed by atoms with Crippen molar-refractivity contribution in [2.24, 2.45) is 0 Å². The molecule has 0 nitrogen and oxygen atoms in total. The highest BCUT2D eigenvalue weighted by Gasteiger charge is 2.89. The first-order valence-electron chi connectivity index (χ1n) is 4.20. The van der Waals surface area contributed by atoms with Crippen molar-refractivity contribution in [3.8, 4) is 0 Å². The van der Waals surface area contributed by atoms with Gasteiger partial charge in [0.1, 0.15) is 0 Å². The molecule has 0 fully saturated rings. The topological polar surface area (TPSA) is 0 Å². The molecule has 12 heteroatoms. The van der Waals surface area contributed by atoms with E-state index in [0.717, 1.165) is 22.6 Å². The fraction of sp³-hybridized carbons (Fsp3) is 1.00. The van der Waals surface area contributed by atoms with E-state index < -0.39 is 40.7 Å². The van der Waals surface area contributed by atoms with Crippen LogP contribution in [-0.2, 0) is 0 Å². The van der Waals surface area contributed by atoms with Crippen molar-refractivity contribution in [2.75, 3.05) is 4.43 Å². The molecular weight excluding hydrogens is 420 g/mol. The number of halogens is 12. The molecule has 0 N–H and O–H groups in total. The molecule has 19 heavy (non-hydrogen) atoms. The van der Waals surface area contributed by atoms with Crippen LogP contribution in [0.25, 0.3) is 0 Å². The van der Waals surface area contributed by atoms with Gasteiger partial charge in [-0.1, -0.05) is 22.6 Å². The van der Waals surface area contributed by atoms with Crippen LogP contribution in [0, 0.1) is 0 Å². The highest BCUT2D eigenvalue weighted by atomic mass is 127. The van der Waals surface area contributed by atoms with E-state index in [2.05, 4.69) is 0 Å². The molecule has 0 heterocycles. The van der Waals surface area contributed by atoms with Crippen LogP contribution in [0.15, 0.2) is 0 Å². The highest BCUT2D eigenvalue weighted by Crippen LogP contribution is 2.59. The summed E-state index contributed by atoms with van der Waals surface area (Å²) in [6.07, 6.45) is -16.5. The van der Waals surface area contributed by atoms with Crippen LogP contribution in [0.5, 0.6) is 0 Å². The first-order valence-corrected chi connectivity index (χ1v) is 5.73. The van der Waals surface area contributed by atoms with Crippen LogP contribution in [0.1, 0.15) is 6.42 Å².